The predicted molar refractivity (Wildman–Crippen MR) is 87.9 cm³/mol. The van der Waals surface area contributed by atoms with Gasteiger partial charge < -0.3 is 10.0 Å². The zero-order chi connectivity index (χ0) is 14.5. The molecule has 0 aliphatic carbocycles. The van der Waals surface area contributed by atoms with Crippen LogP contribution in [0.5, 0.6) is 0 Å². The van der Waals surface area contributed by atoms with Crippen LogP contribution in [0.3, 0.4) is 0 Å². The SMILES string of the molecule is OC(Cc1csc(N2CCCCCC2)n1)c1ccccc1. The molecule has 1 unspecified atom stereocenters. The molecule has 0 saturated carbocycles. The lowest BCUT2D eigenvalue weighted by Gasteiger charge is -2.18. The van der Waals surface area contributed by atoms with Gasteiger partial charge in [0.15, 0.2) is 5.13 Å². The summed E-state index contributed by atoms with van der Waals surface area (Å²) in [6, 6.07) is 9.82. The fourth-order valence-corrected chi connectivity index (χ4v) is 3.68. The summed E-state index contributed by atoms with van der Waals surface area (Å²) < 4.78 is 0. The second-order valence-electron chi connectivity index (χ2n) is 5.65. The van der Waals surface area contributed by atoms with E-state index in [-0.39, 0.29) is 0 Å². The van der Waals surface area contributed by atoms with Gasteiger partial charge in [0.25, 0.3) is 0 Å². The fourth-order valence-electron chi connectivity index (χ4n) is 2.79. The van der Waals surface area contributed by atoms with Crippen molar-refractivity contribution in [1.82, 2.24) is 4.98 Å². The first-order valence-electron chi connectivity index (χ1n) is 7.75. The molecule has 1 aromatic carbocycles. The smallest absolute Gasteiger partial charge is 0.185 e. The van der Waals surface area contributed by atoms with Crippen LogP contribution in [-0.4, -0.2) is 23.2 Å². The van der Waals surface area contributed by atoms with Crippen LogP contribution < -0.4 is 4.90 Å². The van der Waals surface area contributed by atoms with Crippen molar-refractivity contribution in [2.45, 2.75) is 38.2 Å². The van der Waals surface area contributed by atoms with E-state index in [1.165, 1.54) is 25.7 Å². The molecule has 112 valence electrons. The number of hydrogen-bond donors (Lipinski definition) is 1. The van der Waals surface area contributed by atoms with Crippen LogP contribution in [0.4, 0.5) is 5.13 Å². The lowest BCUT2D eigenvalue weighted by molar-refractivity contribution is 0.177. The summed E-state index contributed by atoms with van der Waals surface area (Å²) in [5.41, 5.74) is 1.96. The minimum absolute atomic E-state index is 0.467. The molecule has 1 fully saturated rings. The number of hydrogen-bond acceptors (Lipinski definition) is 4. The topological polar surface area (TPSA) is 36.4 Å². The molecule has 1 atom stereocenters. The first kappa shape index (κ1) is 14.5. The first-order valence-corrected chi connectivity index (χ1v) is 8.63. The summed E-state index contributed by atoms with van der Waals surface area (Å²) in [6.07, 6.45) is 5.32. The fraction of sp³-hybridized carbons (Fsp3) is 0.471. The molecule has 1 aliphatic rings. The van der Waals surface area contributed by atoms with Gasteiger partial charge in [-0.2, -0.15) is 0 Å². The van der Waals surface area contributed by atoms with E-state index in [2.05, 4.69) is 10.3 Å². The van der Waals surface area contributed by atoms with Gasteiger partial charge in [0.2, 0.25) is 0 Å². The molecule has 21 heavy (non-hydrogen) atoms. The highest BCUT2D eigenvalue weighted by Crippen LogP contribution is 2.26. The summed E-state index contributed by atoms with van der Waals surface area (Å²) in [5.74, 6) is 0. The zero-order valence-electron chi connectivity index (χ0n) is 12.2. The second kappa shape index (κ2) is 7.05. The normalized spacial score (nSPS) is 17.5. The van der Waals surface area contributed by atoms with Crippen LogP contribution in [0.15, 0.2) is 35.7 Å². The standard InChI is InChI=1S/C17H22N2OS/c20-16(14-8-4-3-5-9-14)12-15-13-21-17(18-15)19-10-6-1-2-7-11-19/h3-5,8-9,13,16,20H,1-2,6-7,10-12H2. The van der Waals surface area contributed by atoms with Gasteiger partial charge >= 0.3 is 0 Å². The Labute approximate surface area is 130 Å². The Balaban J connectivity index is 1.64. The predicted octanol–water partition coefficient (Wildman–Crippen LogP) is 3.80. The number of nitrogens with zero attached hydrogens (tertiary/aromatic N) is 2. The molecule has 1 saturated heterocycles. The number of rotatable bonds is 4. The summed E-state index contributed by atoms with van der Waals surface area (Å²) in [4.78, 5) is 7.12. The van der Waals surface area contributed by atoms with Gasteiger partial charge in [0.1, 0.15) is 0 Å². The third kappa shape index (κ3) is 3.83. The molecule has 1 aromatic heterocycles. The van der Waals surface area contributed by atoms with E-state index in [4.69, 9.17) is 4.98 Å². The van der Waals surface area contributed by atoms with Gasteiger partial charge in [-0.1, -0.05) is 43.2 Å². The number of thiazole rings is 1. The van der Waals surface area contributed by atoms with Crippen molar-refractivity contribution >= 4 is 16.5 Å². The molecule has 2 aromatic rings. The Morgan fingerprint density at radius 1 is 1.10 bits per heavy atom. The van der Waals surface area contributed by atoms with Crippen LogP contribution in [0.25, 0.3) is 0 Å². The molecule has 2 heterocycles. The van der Waals surface area contributed by atoms with Crippen LogP contribution in [0.2, 0.25) is 0 Å². The van der Waals surface area contributed by atoms with Crippen molar-refractivity contribution in [3.63, 3.8) is 0 Å². The molecule has 3 nitrogen and oxygen atoms in total. The third-order valence-corrected chi connectivity index (χ3v) is 4.95. The van der Waals surface area contributed by atoms with Gasteiger partial charge in [0, 0.05) is 24.9 Å². The quantitative estimate of drug-likeness (QED) is 0.933. The largest absolute Gasteiger partial charge is 0.388 e. The number of aliphatic hydroxyl groups excluding tert-OH is 1. The highest BCUT2D eigenvalue weighted by Gasteiger charge is 2.15. The Hall–Kier alpha value is -1.39. The highest BCUT2D eigenvalue weighted by molar-refractivity contribution is 7.13. The van der Waals surface area contributed by atoms with Crippen molar-refractivity contribution in [2.75, 3.05) is 18.0 Å². The average Bonchev–Trinajstić information content (AvgIpc) is 2.81. The van der Waals surface area contributed by atoms with Crippen molar-refractivity contribution in [3.8, 4) is 0 Å². The first-order chi connectivity index (χ1) is 10.3. The Bertz CT molecular complexity index is 547. The molecule has 0 amide bonds. The van der Waals surface area contributed by atoms with Crippen molar-refractivity contribution in [2.24, 2.45) is 0 Å². The van der Waals surface area contributed by atoms with Crippen LogP contribution in [-0.2, 0) is 6.42 Å². The van der Waals surface area contributed by atoms with E-state index in [0.717, 1.165) is 29.5 Å². The summed E-state index contributed by atoms with van der Waals surface area (Å²) in [6.45, 7) is 2.24. The van der Waals surface area contributed by atoms with E-state index in [0.29, 0.717) is 6.42 Å². The van der Waals surface area contributed by atoms with Crippen LogP contribution >= 0.6 is 11.3 Å². The van der Waals surface area contributed by atoms with E-state index >= 15 is 0 Å². The Kier molecular flexibility index (Phi) is 4.88. The molecule has 1 N–H and O–H groups in total. The van der Waals surface area contributed by atoms with Crippen molar-refractivity contribution in [3.05, 3.63) is 47.0 Å². The maximum Gasteiger partial charge on any atom is 0.185 e. The van der Waals surface area contributed by atoms with E-state index < -0.39 is 6.10 Å². The molecule has 4 heteroatoms. The Morgan fingerprint density at radius 3 is 2.52 bits per heavy atom. The van der Waals surface area contributed by atoms with E-state index in [1.54, 1.807) is 11.3 Å². The van der Waals surface area contributed by atoms with E-state index in [9.17, 15) is 5.11 Å². The number of anilines is 1. The molecular weight excluding hydrogens is 280 g/mol. The molecular formula is C17H22N2OS. The van der Waals surface area contributed by atoms with Gasteiger partial charge in [0.05, 0.1) is 11.8 Å². The molecule has 3 rings (SSSR count). The minimum atomic E-state index is -0.467. The van der Waals surface area contributed by atoms with Gasteiger partial charge in [-0.3, -0.25) is 0 Å². The zero-order valence-corrected chi connectivity index (χ0v) is 13.1. The summed E-state index contributed by atoms with van der Waals surface area (Å²) in [5, 5.41) is 13.5. The number of aliphatic hydroxyl groups is 1. The third-order valence-electron chi connectivity index (χ3n) is 4.00. The minimum Gasteiger partial charge on any atom is -0.388 e. The number of aromatic nitrogens is 1. The number of benzene rings is 1. The second-order valence-corrected chi connectivity index (χ2v) is 6.49. The van der Waals surface area contributed by atoms with Crippen molar-refractivity contribution in [1.29, 1.82) is 0 Å². The van der Waals surface area contributed by atoms with Gasteiger partial charge in [-0.25, -0.2) is 4.98 Å². The lowest BCUT2D eigenvalue weighted by atomic mass is 10.1. The van der Waals surface area contributed by atoms with E-state index in [1.807, 2.05) is 30.3 Å². The van der Waals surface area contributed by atoms with Crippen LogP contribution in [0, 0.1) is 0 Å². The highest BCUT2D eigenvalue weighted by atomic mass is 32.1. The van der Waals surface area contributed by atoms with Crippen molar-refractivity contribution < 1.29 is 5.11 Å². The maximum atomic E-state index is 10.3. The Morgan fingerprint density at radius 2 is 1.81 bits per heavy atom. The molecule has 0 spiro atoms. The molecule has 1 aliphatic heterocycles. The summed E-state index contributed by atoms with van der Waals surface area (Å²) in [7, 11) is 0. The molecule has 0 bridgehead atoms. The van der Waals surface area contributed by atoms with Gasteiger partial charge in [-0.15, -0.1) is 11.3 Å². The summed E-state index contributed by atoms with van der Waals surface area (Å²) >= 11 is 1.71. The average molecular weight is 302 g/mol. The molecule has 0 radical (unpaired) electrons. The maximum absolute atomic E-state index is 10.3. The van der Waals surface area contributed by atoms with Crippen LogP contribution in [0.1, 0.15) is 43.0 Å². The lowest BCUT2D eigenvalue weighted by Crippen LogP contribution is -2.23. The van der Waals surface area contributed by atoms with Gasteiger partial charge in [-0.05, 0) is 18.4 Å². The monoisotopic (exact) mass is 302 g/mol.